The molecule has 0 saturated heterocycles. The van der Waals surface area contributed by atoms with Crippen molar-refractivity contribution < 1.29 is 19.4 Å². The zero-order valence-electron chi connectivity index (χ0n) is 8.60. The summed E-state index contributed by atoms with van der Waals surface area (Å²) >= 11 is 0. The monoisotopic (exact) mass is 206 g/mol. The molecule has 0 aromatic carbocycles. The quantitative estimate of drug-likeness (QED) is 0.296. The Morgan fingerprint density at radius 2 is 2.07 bits per heavy atom. The first-order chi connectivity index (χ1) is 6.93. The van der Waals surface area contributed by atoms with Crippen molar-refractivity contribution in [2.75, 3.05) is 6.61 Å². The molecule has 0 heterocycles. The number of carboxylic acid groups (broad SMARTS) is 1. The highest BCUT2D eigenvalue weighted by Gasteiger charge is 2.07. The van der Waals surface area contributed by atoms with Crippen LogP contribution in [-0.2, 0) is 14.3 Å². The molecule has 0 aromatic heterocycles. The number of hydrogen-bond acceptors (Lipinski definition) is 3. The molecule has 78 valence electrons. The van der Waals surface area contributed by atoms with E-state index in [1.807, 2.05) is 0 Å². The van der Waals surface area contributed by atoms with E-state index >= 15 is 0 Å². The van der Waals surface area contributed by atoms with E-state index in [1.54, 1.807) is 0 Å². The van der Waals surface area contributed by atoms with E-state index in [0.717, 1.165) is 6.08 Å². The minimum atomic E-state index is -1.17. The standard InChI is InChI=1S/C9H12B2O4/c1-6(5-8(12)13)9(14)15-4-2-3-7(10)11/h5,7H,2-4H2,1H3,(H,12,13)/b6-5+. The first-order valence-corrected chi connectivity index (χ1v) is 4.53. The molecule has 0 aliphatic rings. The van der Waals surface area contributed by atoms with Gasteiger partial charge in [-0.15, -0.1) is 5.72 Å². The van der Waals surface area contributed by atoms with Crippen molar-refractivity contribution in [1.82, 2.24) is 0 Å². The molecule has 0 atom stereocenters. The number of carbonyl (C=O) groups excluding carboxylic acids is 1. The zero-order valence-corrected chi connectivity index (χ0v) is 8.60. The van der Waals surface area contributed by atoms with Gasteiger partial charge in [-0.1, -0.05) is 6.42 Å². The average Bonchev–Trinajstić information content (AvgIpc) is 2.10. The molecule has 0 bridgehead atoms. The van der Waals surface area contributed by atoms with Gasteiger partial charge in [0.25, 0.3) is 0 Å². The van der Waals surface area contributed by atoms with E-state index in [-0.39, 0.29) is 12.2 Å². The SMILES string of the molecule is [B]C([B])CCCOC(=O)/C(C)=C/C(=O)O. The second-order valence-corrected chi connectivity index (χ2v) is 3.11. The van der Waals surface area contributed by atoms with Crippen LogP contribution in [-0.4, -0.2) is 39.3 Å². The van der Waals surface area contributed by atoms with Crippen molar-refractivity contribution in [3.05, 3.63) is 11.6 Å². The molecule has 4 radical (unpaired) electrons. The molecule has 1 N–H and O–H groups in total. The molecule has 0 spiro atoms. The predicted molar refractivity (Wildman–Crippen MR) is 56.8 cm³/mol. The molecular weight excluding hydrogens is 194 g/mol. The lowest BCUT2D eigenvalue weighted by molar-refractivity contribution is -0.140. The van der Waals surface area contributed by atoms with Crippen LogP contribution in [0.15, 0.2) is 11.6 Å². The zero-order chi connectivity index (χ0) is 11.8. The van der Waals surface area contributed by atoms with Crippen LogP contribution < -0.4 is 0 Å². The van der Waals surface area contributed by atoms with Crippen LogP contribution in [0.25, 0.3) is 0 Å². The third kappa shape index (κ3) is 7.85. The van der Waals surface area contributed by atoms with Crippen molar-refractivity contribution in [2.24, 2.45) is 0 Å². The number of rotatable bonds is 6. The topological polar surface area (TPSA) is 63.6 Å². The molecule has 0 amide bonds. The second kappa shape index (κ2) is 7.15. The van der Waals surface area contributed by atoms with E-state index in [4.69, 9.17) is 25.5 Å². The fraction of sp³-hybridized carbons (Fsp3) is 0.556. The smallest absolute Gasteiger partial charge is 0.333 e. The Kier molecular flexibility index (Phi) is 6.58. The maximum absolute atomic E-state index is 11.1. The second-order valence-electron chi connectivity index (χ2n) is 3.11. The van der Waals surface area contributed by atoms with Gasteiger partial charge in [0.05, 0.1) is 22.3 Å². The number of carbonyl (C=O) groups is 2. The first-order valence-electron chi connectivity index (χ1n) is 4.53. The van der Waals surface area contributed by atoms with Crippen LogP contribution in [0.1, 0.15) is 19.8 Å². The molecule has 4 nitrogen and oxygen atoms in total. The van der Waals surface area contributed by atoms with Crippen LogP contribution in [0.5, 0.6) is 0 Å². The molecule has 0 saturated carbocycles. The third-order valence-electron chi connectivity index (χ3n) is 1.58. The summed E-state index contributed by atoms with van der Waals surface area (Å²) in [5, 5.41) is 8.36. The Bertz CT molecular complexity index is 261. The van der Waals surface area contributed by atoms with E-state index in [2.05, 4.69) is 0 Å². The Labute approximate surface area is 91.5 Å². The molecule has 0 aromatic rings. The maximum Gasteiger partial charge on any atom is 0.333 e. The lowest BCUT2D eigenvalue weighted by Crippen LogP contribution is -2.09. The normalized spacial score (nSPS) is 11.5. The summed E-state index contributed by atoms with van der Waals surface area (Å²) in [4.78, 5) is 21.3. The highest BCUT2D eigenvalue weighted by molar-refractivity contribution is 6.35. The largest absolute Gasteiger partial charge is 0.478 e. The van der Waals surface area contributed by atoms with Gasteiger partial charge in [-0.2, -0.15) is 0 Å². The van der Waals surface area contributed by atoms with Gasteiger partial charge in [0, 0.05) is 11.6 Å². The predicted octanol–water partition coefficient (Wildman–Crippen LogP) is 0.424. The minimum Gasteiger partial charge on any atom is -0.478 e. The molecule has 15 heavy (non-hydrogen) atoms. The van der Waals surface area contributed by atoms with Gasteiger partial charge in [-0.25, -0.2) is 9.59 Å². The van der Waals surface area contributed by atoms with E-state index < -0.39 is 17.7 Å². The van der Waals surface area contributed by atoms with Crippen molar-refractivity contribution in [3.63, 3.8) is 0 Å². The molecule has 6 heteroatoms. The lowest BCUT2D eigenvalue weighted by atomic mass is 9.68. The van der Waals surface area contributed by atoms with Crippen molar-refractivity contribution >= 4 is 27.6 Å². The Hall–Kier alpha value is -1.19. The summed E-state index contributed by atoms with van der Waals surface area (Å²) in [5.41, 5.74) is -0.362. The van der Waals surface area contributed by atoms with Crippen molar-refractivity contribution in [1.29, 1.82) is 0 Å². The highest BCUT2D eigenvalue weighted by atomic mass is 16.5. The highest BCUT2D eigenvalue weighted by Crippen LogP contribution is 2.04. The molecular formula is C9H12B2O4. The van der Waals surface area contributed by atoms with Crippen LogP contribution in [0, 0.1) is 0 Å². The van der Waals surface area contributed by atoms with Gasteiger partial charge < -0.3 is 9.84 Å². The summed E-state index contributed by atoms with van der Waals surface area (Å²) in [6, 6.07) is 0. The van der Waals surface area contributed by atoms with Gasteiger partial charge in [-0.05, 0) is 13.3 Å². The molecule has 0 aliphatic carbocycles. The first kappa shape index (κ1) is 13.8. The van der Waals surface area contributed by atoms with Crippen LogP contribution >= 0.6 is 0 Å². The lowest BCUT2D eigenvalue weighted by Gasteiger charge is -2.06. The van der Waals surface area contributed by atoms with Crippen molar-refractivity contribution in [2.45, 2.75) is 25.5 Å². The fourth-order valence-electron chi connectivity index (χ4n) is 0.842. The van der Waals surface area contributed by atoms with E-state index in [0.29, 0.717) is 12.8 Å². The van der Waals surface area contributed by atoms with Gasteiger partial charge in [0.15, 0.2) is 0 Å². The summed E-state index contributed by atoms with van der Waals surface area (Å²) in [5.74, 6) is -1.81. The van der Waals surface area contributed by atoms with Crippen LogP contribution in [0.3, 0.4) is 0 Å². The van der Waals surface area contributed by atoms with Crippen molar-refractivity contribution in [3.8, 4) is 0 Å². The van der Waals surface area contributed by atoms with Crippen LogP contribution in [0.4, 0.5) is 0 Å². The molecule has 0 fully saturated rings. The Balaban J connectivity index is 3.79. The number of ether oxygens (including phenoxy) is 1. The molecule has 0 rings (SSSR count). The Morgan fingerprint density at radius 3 is 2.53 bits per heavy atom. The molecule has 0 unspecified atom stereocenters. The number of hydrogen-bond donors (Lipinski definition) is 1. The van der Waals surface area contributed by atoms with Gasteiger partial charge in [0.2, 0.25) is 0 Å². The number of carboxylic acids is 1. The van der Waals surface area contributed by atoms with Crippen LogP contribution in [0.2, 0.25) is 5.72 Å². The minimum absolute atomic E-state index is 0.0551. The molecule has 0 aliphatic heterocycles. The fourth-order valence-corrected chi connectivity index (χ4v) is 0.842. The third-order valence-corrected chi connectivity index (χ3v) is 1.58. The number of aliphatic carboxylic acids is 1. The van der Waals surface area contributed by atoms with Gasteiger partial charge >= 0.3 is 11.9 Å². The summed E-state index contributed by atoms with van der Waals surface area (Å²) in [6.07, 6.45) is 1.91. The number of esters is 1. The van der Waals surface area contributed by atoms with Gasteiger partial charge in [-0.3, -0.25) is 0 Å². The Morgan fingerprint density at radius 1 is 1.47 bits per heavy atom. The summed E-state index contributed by atoms with van der Waals surface area (Å²) in [7, 11) is 10.6. The summed E-state index contributed by atoms with van der Waals surface area (Å²) < 4.78 is 4.77. The van der Waals surface area contributed by atoms with Gasteiger partial charge in [0.1, 0.15) is 0 Å². The van der Waals surface area contributed by atoms with E-state index in [9.17, 15) is 9.59 Å². The maximum atomic E-state index is 11.1. The van der Waals surface area contributed by atoms with E-state index in [1.165, 1.54) is 6.92 Å². The summed E-state index contributed by atoms with van der Waals surface area (Å²) in [6.45, 7) is 1.57. The average molecular weight is 206 g/mol.